The predicted molar refractivity (Wildman–Crippen MR) is 154 cm³/mol. The molecule has 1 aliphatic rings. The average molecular weight is 561 g/mol. The van der Waals surface area contributed by atoms with E-state index in [1.54, 1.807) is 29.8 Å². The molecule has 10 heteroatoms. The van der Waals surface area contributed by atoms with Crippen molar-refractivity contribution in [3.05, 3.63) is 76.2 Å². The molecule has 0 spiro atoms. The number of aromatic nitrogens is 3. The number of pyridine rings is 1. The Kier molecular flexibility index (Phi) is 7.62. The highest BCUT2D eigenvalue weighted by atomic mass is 32.1. The molecule has 0 bridgehead atoms. The minimum absolute atomic E-state index is 0.0553. The summed E-state index contributed by atoms with van der Waals surface area (Å²) in [5.74, 6) is -0.356. The number of ether oxygens (including phenoxy) is 2. The number of Topliss-reactive ketones (excluding diaryl/α,β-unsaturated/α-hetero) is 1. The topological polar surface area (TPSA) is 106 Å². The molecule has 1 N–H and O–H groups in total. The Morgan fingerprint density at radius 1 is 1.15 bits per heavy atom. The van der Waals surface area contributed by atoms with Crippen molar-refractivity contribution in [2.24, 2.45) is 5.92 Å². The van der Waals surface area contributed by atoms with Gasteiger partial charge in [-0.3, -0.25) is 14.5 Å². The largest absolute Gasteiger partial charge is 0.505 e. The van der Waals surface area contributed by atoms with Crippen LogP contribution in [0.25, 0.3) is 11.4 Å². The maximum atomic E-state index is 13.6. The van der Waals surface area contributed by atoms with Crippen LogP contribution in [0.1, 0.15) is 55.7 Å². The fourth-order valence-electron chi connectivity index (χ4n) is 4.84. The first-order valence-electron chi connectivity index (χ1n) is 13.3. The maximum Gasteiger partial charge on any atom is 0.301 e. The van der Waals surface area contributed by atoms with Crippen molar-refractivity contribution >= 4 is 39.6 Å². The summed E-state index contributed by atoms with van der Waals surface area (Å²) in [6.07, 6.45) is 4.30. The Balaban J connectivity index is 1.68. The molecule has 1 aromatic carbocycles. The molecular weight excluding hydrogens is 528 g/mol. The second-order valence-corrected chi connectivity index (χ2v) is 11.0. The van der Waals surface area contributed by atoms with Gasteiger partial charge in [-0.15, -0.1) is 11.3 Å². The van der Waals surface area contributed by atoms with Crippen LogP contribution >= 0.6 is 11.3 Å². The minimum atomic E-state index is -0.944. The zero-order chi connectivity index (χ0) is 28.6. The van der Waals surface area contributed by atoms with Crippen LogP contribution in [0, 0.1) is 19.8 Å². The Hall–Kier alpha value is -4.18. The first-order valence-corrected chi connectivity index (χ1v) is 14.2. The average Bonchev–Trinajstić information content (AvgIpc) is 3.63. The van der Waals surface area contributed by atoms with Crippen LogP contribution in [0.4, 0.5) is 5.13 Å². The molecule has 0 aliphatic carbocycles. The van der Waals surface area contributed by atoms with Gasteiger partial charge in [-0.2, -0.15) is 0 Å². The summed E-state index contributed by atoms with van der Waals surface area (Å²) in [7, 11) is 0. The number of hydrogen-bond acceptors (Lipinski definition) is 8. The van der Waals surface area contributed by atoms with E-state index in [2.05, 4.69) is 23.8 Å². The summed E-state index contributed by atoms with van der Waals surface area (Å²) in [5.41, 5.74) is 3.00. The van der Waals surface area contributed by atoms with Crippen molar-refractivity contribution in [1.82, 2.24) is 14.4 Å². The van der Waals surface area contributed by atoms with Gasteiger partial charge in [-0.1, -0.05) is 26.0 Å². The second-order valence-electron chi connectivity index (χ2n) is 10.1. The highest BCUT2D eigenvalue weighted by molar-refractivity contribution is 7.14. The van der Waals surface area contributed by atoms with Gasteiger partial charge in [-0.25, -0.2) is 9.97 Å². The van der Waals surface area contributed by atoms with Gasteiger partial charge in [-0.05, 0) is 62.4 Å². The van der Waals surface area contributed by atoms with Crippen LogP contribution < -0.4 is 14.4 Å². The number of rotatable bonds is 9. The second kappa shape index (κ2) is 11.1. The molecule has 5 rings (SSSR count). The molecule has 9 nitrogen and oxygen atoms in total. The SMILES string of the molecule is CCOc1cc(C2C(=C(O)c3nc4c(C)cccn4c3C)C(=O)C(=O)N2c2nccs2)ccc1OCCC(C)C. The van der Waals surface area contributed by atoms with Crippen molar-refractivity contribution in [1.29, 1.82) is 0 Å². The third-order valence-corrected chi connectivity index (χ3v) is 7.68. The Morgan fingerprint density at radius 3 is 2.62 bits per heavy atom. The molecule has 4 aromatic rings. The van der Waals surface area contributed by atoms with E-state index in [0.29, 0.717) is 52.7 Å². The summed E-state index contributed by atoms with van der Waals surface area (Å²) < 4.78 is 13.8. The molecule has 208 valence electrons. The quantitative estimate of drug-likeness (QED) is 0.155. The van der Waals surface area contributed by atoms with Gasteiger partial charge < -0.3 is 19.0 Å². The predicted octanol–water partition coefficient (Wildman–Crippen LogP) is 5.86. The number of benzene rings is 1. The Labute approximate surface area is 236 Å². The Morgan fingerprint density at radius 2 is 1.95 bits per heavy atom. The molecule has 40 heavy (non-hydrogen) atoms. The van der Waals surface area contributed by atoms with Crippen molar-refractivity contribution in [2.75, 3.05) is 18.1 Å². The molecule has 1 fully saturated rings. The lowest BCUT2D eigenvalue weighted by atomic mass is 9.96. The van der Waals surface area contributed by atoms with Gasteiger partial charge in [0.25, 0.3) is 5.78 Å². The van der Waals surface area contributed by atoms with E-state index in [1.807, 2.05) is 43.5 Å². The van der Waals surface area contributed by atoms with Gasteiger partial charge in [0.05, 0.1) is 30.5 Å². The number of aliphatic hydroxyl groups is 1. The van der Waals surface area contributed by atoms with Crippen molar-refractivity contribution < 1.29 is 24.2 Å². The number of aliphatic hydroxyl groups excluding tert-OH is 1. The summed E-state index contributed by atoms with van der Waals surface area (Å²) >= 11 is 1.24. The van der Waals surface area contributed by atoms with E-state index < -0.39 is 17.7 Å². The number of aryl methyl sites for hydroxylation is 2. The smallest absolute Gasteiger partial charge is 0.301 e. The fraction of sp³-hybridized carbons (Fsp3) is 0.333. The zero-order valence-corrected chi connectivity index (χ0v) is 24.0. The number of nitrogens with zero attached hydrogens (tertiary/aromatic N) is 4. The lowest BCUT2D eigenvalue weighted by Crippen LogP contribution is -2.29. The molecule has 1 saturated heterocycles. The highest BCUT2D eigenvalue weighted by Gasteiger charge is 2.48. The van der Waals surface area contributed by atoms with Crippen molar-refractivity contribution in [2.45, 2.75) is 47.1 Å². The van der Waals surface area contributed by atoms with E-state index in [-0.39, 0.29) is 17.0 Å². The summed E-state index contributed by atoms with van der Waals surface area (Å²) in [4.78, 5) is 37.3. The third-order valence-electron chi connectivity index (χ3n) is 6.91. The van der Waals surface area contributed by atoms with Gasteiger partial charge in [0.2, 0.25) is 0 Å². The molecule has 4 heterocycles. The summed E-state index contributed by atoms with van der Waals surface area (Å²) in [5, 5.41) is 13.7. The molecular formula is C30H32N4O5S. The van der Waals surface area contributed by atoms with Gasteiger partial charge >= 0.3 is 5.91 Å². The normalized spacial score (nSPS) is 16.9. The minimum Gasteiger partial charge on any atom is -0.505 e. The molecule has 0 saturated carbocycles. The molecule has 1 aliphatic heterocycles. The van der Waals surface area contributed by atoms with Crippen molar-refractivity contribution in [3.63, 3.8) is 0 Å². The lowest BCUT2D eigenvalue weighted by Gasteiger charge is -2.24. The highest BCUT2D eigenvalue weighted by Crippen LogP contribution is 2.45. The van der Waals surface area contributed by atoms with Crippen LogP contribution in [-0.4, -0.2) is 44.4 Å². The third kappa shape index (κ3) is 4.83. The van der Waals surface area contributed by atoms with E-state index in [0.717, 1.165) is 12.0 Å². The zero-order valence-electron chi connectivity index (χ0n) is 23.2. The summed E-state index contributed by atoms with van der Waals surface area (Å²) in [6.45, 7) is 10.8. The Bertz CT molecular complexity index is 1610. The molecule has 1 amide bonds. The van der Waals surface area contributed by atoms with Crippen LogP contribution in [0.15, 0.2) is 53.7 Å². The summed E-state index contributed by atoms with van der Waals surface area (Å²) in [6, 6.07) is 8.20. The molecule has 1 unspecified atom stereocenters. The number of carbonyl (C=O) groups is 2. The van der Waals surface area contributed by atoms with Crippen molar-refractivity contribution in [3.8, 4) is 11.5 Å². The van der Waals surface area contributed by atoms with Crippen LogP contribution in [0.3, 0.4) is 0 Å². The lowest BCUT2D eigenvalue weighted by molar-refractivity contribution is -0.132. The molecule has 0 radical (unpaired) electrons. The van der Waals surface area contributed by atoms with Crippen LogP contribution in [-0.2, 0) is 9.59 Å². The van der Waals surface area contributed by atoms with E-state index in [9.17, 15) is 14.7 Å². The fourth-order valence-corrected chi connectivity index (χ4v) is 5.51. The number of amides is 1. The number of imidazole rings is 1. The van der Waals surface area contributed by atoms with E-state index in [4.69, 9.17) is 9.47 Å². The standard InChI is InChI=1S/C30H32N4O5S/c1-6-38-22-16-20(9-10-21(22)39-14-11-17(2)3)25-23(27(36)29(37)34(25)30-31-12-15-40-30)26(35)24-19(5)33-13-7-8-18(4)28(33)32-24/h7-10,12-13,15-17,25,35H,6,11,14H2,1-5H3. The van der Waals surface area contributed by atoms with Crippen LogP contribution in [0.5, 0.6) is 11.5 Å². The number of carbonyl (C=O) groups excluding carboxylic acids is 2. The molecule has 1 atom stereocenters. The first kappa shape index (κ1) is 27.4. The van der Waals surface area contributed by atoms with Crippen LogP contribution in [0.2, 0.25) is 0 Å². The maximum absolute atomic E-state index is 13.6. The van der Waals surface area contributed by atoms with E-state index in [1.165, 1.54) is 16.2 Å². The monoisotopic (exact) mass is 560 g/mol. The van der Waals surface area contributed by atoms with E-state index >= 15 is 0 Å². The number of fused-ring (bicyclic) bond motifs is 1. The number of anilines is 1. The molecule has 3 aromatic heterocycles. The number of hydrogen-bond donors (Lipinski definition) is 1. The van der Waals surface area contributed by atoms with Gasteiger partial charge in [0, 0.05) is 17.8 Å². The first-order chi connectivity index (χ1) is 19.2. The number of ketones is 1. The van der Waals surface area contributed by atoms with Gasteiger partial charge in [0.15, 0.2) is 22.4 Å². The number of thiazole rings is 1. The van der Waals surface area contributed by atoms with Gasteiger partial charge in [0.1, 0.15) is 11.3 Å².